The van der Waals surface area contributed by atoms with Crippen LogP contribution in [0.3, 0.4) is 0 Å². The van der Waals surface area contributed by atoms with Crippen LogP contribution in [0.1, 0.15) is 41.4 Å². The minimum Gasteiger partial charge on any atom is -0.450 e. The molecule has 0 saturated heterocycles. The number of hydrogen-bond acceptors (Lipinski definition) is 3. The van der Waals surface area contributed by atoms with Gasteiger partial charge in [0.2, 0.25) is 0 Å². The Morgan fingerprint density at radius 2 is 2.11 bits per heavy atom. The highest BCUT2D eigenvalue weighted by atomic mass is 127. The maximum Gasteiger partial charge on any atom is 0.340 e. The summed E-state index contributed by atoms with van der Waals surface area (Å²) in [6, 6.07) is 8.10. The number of carbonyl (C=O) groups excluding carboxylic acids is 1. The highest BCUT2D eigenvalue weighted by Gasteiger charge is 2.44. The highest BCUT2D eigenvalue weighted by Crippen LogP contribution is 2.47. The van der Waals surface area contributed by atoms with Gasteiger partial charge in [-0.25, -0.2) is 4.79 Å². The Hall–Kier alpha value is -0.620. The SMILES string of the molecule is CC1(CCCCI)OC(=O)c2c1sc1ccccc21. The van der Waals surface area contributed by atoms with Gasteiger partial charge in [-0.3, -0.25) is 0 Å². The Morgan fingerprint density at radius 1 is 1.32 bits per heavy atom. The first-order valence-corrected chi connectivity index (χ1v) is 8.81. The molecule has 0 bridgehead atoms. The number of benzene rings is 1. The number of rotatable bonds is 4. The Balaban J connectivity index is 2.03. The van der Waals surface area contributed by atoms with Crippen LogP contribution in [0.2, 0.25) is 0 Å². The van der Waals surface area contributed by atoms with E-state index in [1.165, 1.54) is 11.1 Å². The highest BCUT2D eigenvalue weighted by molar-refractivity contribution is 14.1. The second-order valence-corrected chi connectivity index (χ2v) is 7.20. The van der Waals surface area contributed by atoms with Crippen molar-refractivity contribution in [3.8, 4) is 0 Å². The summed E-state index contributed by atoms with van der Waals surface area (Å²) in [6.45, 7) is 2.05. The van der Waals surface area contributed by atoms with E-state index in [2.05, 4.69) is 35.6 Å². The summed E-state index contributed by atoms with van der Waals surface area (Å²) >= 11 is 4.10. The van der Waals surface area contributed by atoms with E-state index in [0.29, 0.717) is 0 Å². The predicted molar refractivity (Wildman–Crippen MR) is 87.3 cm³/mol. The summed E-state index contributed by atoms with van der Waals surface area (Å²) in [5, 5.41) is 1.05. The molecule has 100 valence electrons. The number of fused-ring (bicyclic) bond motifs is 3. The van der Waals surface area contributed by atoms with Crippen LogP contribution in [-0.2, 0) is 10.3 Å². The third kappa shape index (κ3) is 2.18. The third-order valence-electron chi connectivity index (χ3n) is 3.64. The van der Waals surface area contributed by atoms with Gasteiger partial charge in [0.1, 0.15) is 5.60 Å². The van der Waals surface area contributed by atoms with E-state index in [1.54, 1.807) is 11.3 Å². The van der Waals surface area contributed by atoms with Crippen molar-refractivity contribution < 1.29 is 9.53 Å². The van der Waals surface area contributed by atoms with Gasteiger partial charge in [0.25, 0.3) is 0 Å². The fourth-order valence-electron chi connectivity index (χ4n) is 2.64. The van der Waals surface area contributed by atoms with Crippen molar-refractivity contribution in [1.29, 1.82) is 0 Å². The molecule has 3 rings (SSSR count). The number of thiophene rings is 1. The lowest BCUT2D eigenvalue weighted by Crippen LogP contribution is -2.21. The van der Waals surface area contributed by atoms with Gasteiger partial charge in [0.15, 0.2) is 0 Å². The molecule has 1 unspecified atom stereocenters. The molecule has 0 fully saturated rings. The van der Waals surface area contributed by atoms with Gasteiger partial charge in [-0.05, 0) is 36.7 Å². The van der Waals surface area contributed by atoms with Gasteiger partial charge >= 0.3 is 5.97 Å². The third-order valence-corrected chi connectivity index (χ3v) is 5.81. The normalized spacial score (nSPS) is 21.7. The molecule has 1 aliphatic rings. The molecule has 1 aromatic heterocycles. The Bertz CT molecular complexity index is 634. The summed E-state index contributed by atoms with van der Waals surface area (Å²) in [5.41, 5.74) is 0.389. The summed E-state index contributed by atoms with van der Waals surface area (Å²) in [6.07, 6.45) is 3.19. The largest absolute Gasteiger partial charge is 0.450 e. The number of unbranched alkanes of at least 4 members (excludes halogenated alkanes) is 1. The second kappa shape index (κ2) is 5.05. The minimum atomic E-state index is -0.415. The molecule has 2 aromatic rings. The van der Waals surface area contributed by atoms with Gasteiger partial charge in [0.05, 0.1) is 10.4 Å². The first kappa shape index (κ1) is 13.4. The monoisotopic (exact) mass is 386 g/mol. The molecule has 0 N–H and O–H groups in total. The minimum absolute atomic E-state index is 0.149. The molecule has 2 heterocycles. The van der Waals surface area contributed by atoms with Gasteiger partial charge < -0.3 is 4.74 Å². The van der Waals surface area contributed by atoms with Crippen LogP contribution in [0.5, 0.6) is 0 Å². The molecule has 0 aliphatic carbocycles. The molecule has 0 radical (unpaired) electrons. The number of carbonyl (C=O) groups is 1. The van der Waals surface area contributed by atoms with E-state index in [1.807, 2.05) is 18.2 Å². The van der Waals surface area contributed by atoms with E-state index in [9.17, 15) is 4.79 Å². The molecule has 0 saturated carbocycles. The van der Waals surface area contributed by atoms with Crippen molar-refractivity contribution in [3.05, 3.63) is 34.7 Å². The molecule has 1 aliphatic heterocycles. The van der Waals surface area contributed by atoms with Crippen LogP contribution < -0.4 is 0 Å². The quantitative estimate of drug-likeness (QED) is 0.324. The maximum absolute atomic E-state index is 12.2. The van der Waals surface area contributed by atoms with Crippen LogP contribution in [0.15, 0.2) is 24.3 Å². The molecule has 2 nitrogen and oxygen atoms in total. The fraction of sp³-hybridized carbons (Fsp3) is 0.400. The van der Waals surface area contributed by atoms with E-state index in [0.717, 1.165) is 33.1 Å². The molecule has 1 atom stereocenters. The predicted octanol–water partition coefficient (Wildman–Crippen LogP) is 4.89. The number of esters is 1. The first-order valence-electron chi connectivity index (χ1n) is 6.47. The topological polar surface area (TPSA) is 26.3 Å². The molecular formula is C15H15IO2S. The van der Waals surface area contributed by atoms with Crippen LogP contribution in [0, 0.1) is 0 Å². The zero-order valence-corrected chi connectivity index (χ0v) is 13.7. The molecule has 19 heavy (non-hydrogen) atoms. The van der Waals surface area contributed by atoms with Crippen molar-refractivity contribution in [1.82, 2.24) is 0 Å². The maximum atomic E-state index is 12.2. The van der Waals surface area contributed by atoms with Crippen LogP contribution in [0.25, 0.3) is 10.1 Å². The average Bonchev–Trinajstić information content (AvgIpc) is 2.88. The molecule has 0 spiro atoms. The average molecular weight is 386 g/mol. The standard InChI is InChI=1S/C15H15IO2S/c1-15(8-4-5-9-16)13-12(14(17)18-15)10-6-2-3-7-11(10)19-13/h2-3,6-7H,4-5,8-9H2,1H3. The number of cyclic esters (lactones) is 1. The summed E-state index contributed by atoms with van der Waals surface area (Å²) < 4.78 is 8.02. The molecule has 0 amide bonds. The lowest BCUT2D eigenvalue weighted by molar-refractivity contribution is -0.00267. The second-order valence-electron chi connectivity index (χ2n) is 5.07. The Morgan fingerprint density at radius 3 is 2.89 bits per heavy atom. The Labute approximate surface area is 130 Å². The summed E-state index contributed by atoms with van der Waals surface area (Å²) in [7, 11) is 0. The van der Waals surface area contributed by atoms with Crippen molar-refractivity contribution in [2.75, 3.05) is 4.43 Å². The van der Waals surface area contributed by atoms with E-state index >= 15 is 0 Å². The van der Waals surface area contributed by atoms with Crippen molar-refractivity contribution in [2.24, 2.45) is 0 Å². The number of halogens is 1. The zero-order valence-electron chi connectivity index (χ0n) is 10.7. The van der Waals surface area contributed by atoms with Gasteiger partial charge in [-0.15, -0.1) is 11.3 Å². The fourth-order valence-corrected chi connectivity index (χ4v) is 4.48. The van der Waals surface area contributed by atoms with E-state index < -0.39 is 5.60 Å². The molecule has 4 heteroatoms. The smallest absolute Gasteiger partial charge is 0.340 e. The van der Waals surface area contributed by atoms with Crippen molar-refractivity contribution >= 4 is 50.0 Å². The lowest BCUT2D eigenvalue weighted by Gasteiger charge is -2.22. The lowest BCUT2D eigenvalue weighted by atomic mass is 9.96. The number of alkyl halides is 1. The molecule has 1 aromatic carbocycles. The van der Waals surface area contributed by atoms with E-state index in [4.69, 9.17) is 4.74 Å². The number of ether oxygens (including phenoxy) is 1. The van der Waals surface area contributed by atoms with Crippen LogP contribution >= 0.6 is 33.9 Å². The van der Waals surface area contributed by atoms with Gasteiger partial charge in [-0.2, -0.15) is 0 Å². The summed E-state index contributed by atoms with van der Waals surface area (Å²) in [4.78, 5) is 13.3. The van der Waals surface area contributed by atoms with E-state index in [-0.39, 0.29) is 5.97 Å². The van der Waals surface area contributed by atoms with Gasteiger partial charge in [0, 0.05) is 10.1 Å². The van der Waals surface area contributed by atoms with Crippen molar-refractivity contribution in [3.63, 3.8) is 0 Å². The van der Waals surface area contributed by atoms with Crippen LogP contribution in [0.4, 0.5) is 0 Å². The molecular weight excluding hydrogens is 371 g/mol. The first-order chi connectivity index (χ1) is 9.15. The van der Waals surface area contributed by atoms with Crippen molar-refractivity contribution in [2.45, 2.75) is 31.8 Å². The zero-order chi connectivity index (χ0) is 13.5. The summed E-state index contributed by atoms with van der Waals surface area (Å²) in [5.74, 6) is -0.149. The van der Waals surface area contributed by atoms with Crippen LogP contribution in [-0.4, -0.2) is 10.4 Å². The number of hydrogen-bond donors (Lipinski definition) is 0. The van der Waals surface area contributed by atoms with Gasteiger partial charge in [-0.1, -0.05) is 40.8 Å². The Kier molecular flexibility index (Phi) is 3.55.